The summed E-state index contributed by atoms with van der Waals surface area (Å²) in [6.07, 6.45) is 0. The summed E-state index contributed by atoms with van der Waals surface area (Å²) in [5.41, 5.74) is 4.66. The number of fused-ring (bicyclic) bond motifs is 1. The summed E-state index contributed by atoms with van der Waals surface area (Å²) < 4.78 is 5.16. The molecule has 0 aliphatic rings. The predicted molar refractivity (Wildman–Crippen MR) is 77.6 cm³/mol. The molecule has 0 fully saturated rings. The SMILES string of the molecule is Cc1nc2ccccc2nc1NCc1c(C)noc1C. The van der Waals surface area contributed by atoms with Crippen LogP contribution >= 0.6 is 0 Å². The fourth-order valence-electron chi connectivity index (χ4n) is 2.18. The van der Waals surface area contributed by atoms with Crippen LogP contribution in [-0.4, -0.2) is 15.1 Å². The predicted octanol–water partition coefficient (Wildman–Crippen LogP) is 3.16. The molecule has 0 unspecified atom stereocenters. The van der Waals surface area contributed by atoms with Crippen LogP contribution in [0.25, 0.3) is 11.0 Å². The molecule has 2 aromatic heterocycles. The lowest BCUT2D eigenvalue weighted by atomic mass is 10.2. The molecule has 0 atom stereocenters. The molecular weight excluding hydrogens is 252 g/mol. The third kappa shape index (κ3) is 2.22. The first kappa shape index (κ1) is 12.6. The van der Waals surface area contributed by atoms with Crippen molar-refractivity contribution < 1.29 is 4.52 Å². The number of hydrogen-bond donors (Lipinski definition) is 1. The summed E-state index contributed by atoms with van der Waals surface area (Å²) in [6, 6.07) is 7.86. The van der Waals surface area contributed by atoms with Crippen molar-refractivity contribution in [2.45, 2.75) is 27.3 Å². The second-order valence-corrected chi connectivity index (χ2v) is 4.80. The van der Waals surface area contributed by atoms with E-state index in [1.807, 2.05) is 45.0 Å². The van der Waals surface area contributed by atoms with E-state index < -0.39 is 0 Å². The van der Waals surface area contributed by atoms with Crippen LogP contribution in [0.15, 0.2) is 28.8 Å². The number of aromatic nitrogens is 3. The highest BCUT2D eigenvalue weighted by molar-refractivity contribution is 5.76. The minimum absolute atomic E-state index is 0.634. The molecule has 1 N–H and O–H groups in total. The van der Waals surface area contributed by atoms with Gasteiger partial charge in [0.2, 0.25) is 0 Å². The largest absolute Gasteiger partial charge is 0.364 e. The zero-order valence-electron chi connectivity index (χ0n) is 11.8. The van der Waals surface area contributed by atoms with E-state index in [0.29, 0.717) is 6.54 Å². The van der Waals surface area contributed by atoms with E-state index in [1.54, 1.807) is 0 Å². The number of hydrogen-bond acceptors (Lipinski definition) is 5. The van der Waals surface area contributed by atoms with Crippen molar-refractivity contribution in [3.63, 3.8) is 0 Å². The smallest absolute Gasteiger partial charge is 0.148 e. The number of rotatable bonds is 3. The molecule has 0 saturated heterocycles. The number of benzene rings is 1. The number of para-hydroxylation sites is 2. The molecule has 3 rings (SSSR count). The minimum Gasteiger partial charge on any atom is -0.364 e. The minimum atomic E-state index is 0.634. The van der Waals surface area contributed by atoms with Crippen LogP contribution in [-0.2, 0) is 6.54 Å². The number of anilines is 1. The lowest BCUT2D eigenvalue weighted by Crippen LogP contribution is -2.06. The third-order valence-electron chi connectivity index (χ3n) is 3.36. The van der Waals surface area contributed by atoms with Crippen molar-refractivity contribution in [2.75, 3.05) is 5.32 Å². The normalized spacial score (nSPS) is 10.9. The van der Waals surface area contributed by atoms with Crippen LogP contribution < -0.4 is 5.32 Å². The molecule has 0 amide bonds. The second-order valence-electron chi connectivity index (χ2n) is 4.80. The molecule has 0 saturated carbocycles. The molecule has 0 bridgehead atoms. The maximum absolute atomic E-state index is 5.16. The quantitative estimate of drug-likeness (QED) is 0.790. The number of nitrogens with one attached hydrogen (secondary N) is 1. The fraction of sp³-hybridized carbons (Fsp3) is 0.267. The molecule has 0 aliphatic carbocycles. The Bertz CT molecular complexity index is 744. The Kier molecular flexibility index (Phi) is 3.10. The van der Waals surface area contributed by atoms with Crippen LogP contribution in [0, 0.1) is 20.8 Å². The molecule has 2 heterocycles. The van der Waals surface area contributed by atoms with Crippen molar-refractivity contribution in [1.29, 1.82) is 0 Å². The molecule has 1 aromatic carbocycles. The first-order valence-electron chi connectivity index (χ1n) is 6.54. The van der Waals surface area contributed by atoms with Gasteiger partial charge in [-0.2, -0.15) is 0 Å². The van der Waals surface area contributed by atoms with E-state index in [1.165, 1.54) is 0 Å². The van der Waals surface area contributed by atoms with E-state index in [2.05, 4.69) is 20.4 Å². The molecule has 5 heteroatoms. The number of aryl methyl sites for hydroxylation is 3. The molecule has 3 aromatic rings. The topological polar surface area (TPSA) is 63.8 Å². The third-order valence-corrected chi connectivity index (χ3v) is 3.36. The molecule has 0 spiro atoms. The second kappa shape index (κ2) is 4.92. The van der Waals surface area contributed by atoms with Crippen LogP contribution in [0.1, 0.15) is 22.7 Å². The van der Waals surface area contributed by atoms with Crippen molar-refractivity contribution in [2.24, 2.45) is 0 Å². The van der Waals surface area contributed by atoms with Crippen molar-refractivity contribution in [3.05, 3.63) is 47.0 Å². The summed E-state index contributed by atoms with van der Waals surface area (Å²) in [5.74, 6) is 1.63. The Labute approximate surface area is 117 Å². The monoisotopic (exact) mass is 268 g/mol. The van der Waals surface area contributed by atoms with Crippen molar-refractivity contribution >= 4 is 16.9 Å². The zero-order valence-corrected chi connectivity index (χ0v) is 11.8. The van der Waals surface area contributed by atoms with Crippen LogP contribution in [0.4, 0.5) is 5.82 Å². The standard InChI is InChI=1S/C15H16N4O/c1-9-12(11(3)20-19-9)8-16-15-10(2)17-13-6-4-5-7-14(13)18-15/h4-7H,8H2,1-3H3,(H,16,18). The van der Waals surface area contributed by atoms with Gasteiger partial charge in [-0.1, -0.05) is 17.3 Å². The summed E-state index contributed by atoms with van der Waals surface area (Å²) in [7, 11) is 0. The van der Waals surface area contributed by atoms with Crippen LogP contribution in [0.3, 0.4) is 0 Å². The summed E-state index contributed by atoms with van der Waals surface area (Å²) in [4.78, 5) is 9.17. The summed E-state index contributed by atoms with van der Waals surface area (Å²) in [6.45, 7) is 6.44. The van der Waals surface area contributed by atoms with Gasteiger partial charge in [-0.3, -0.25) is 0 Å². The Morgan fingerprint density at radius 2 is 1.70 bits per heavy atom. The van der Waals surface area contributed by atoms with Gasteiger partial charge in [0.25, 0.3) is 0 Å². The van der Waals surface area contributed by atoms with Gasteiger partial charge in [-0.15, -0.1) is 0 Å². The zero-order chi connectivity index (χ0) is 14.1. The van der Waals surface area contributed by atoms with E-state index >= 15 is 0 Å². The summed E-state index contributed by atoms with van der Waals surface area (Å²) >= 11 is 0. The molecular formula is C15H16N4O. The maximum Gasteiger partial charge on any atom is 0.148 e. The van der Waals surface area contributed by atoms with Gasteiger partial charge in [0.1, 0.15) is 11.6 Å². The Hall–Kier alpha value is -2.43. The highest BCUT2D eigenvalue weighted by Crippen LogP contribution is 2.18. The van der Waals surface area contributed by atoms with Gasteiger partial charge in [0.15, 0.2) is 0 Å². The van der Waals surface area contributed by atoms with Gasteiger partial charge in [-0.05, 0) is 32.9 Å². The summed E-state index contributed by atoms with van der Waals surface area (Å²) in [5, 5.41) is 7.27. The Balaban J connectivity index is 1.89. The first-order valence-corrected chi connectivity index (χ1v) is 6.54. The Morgan fingerprint density at radius 1 is 1.00 bits per heavy atom. The van der Waals surface area contributed by atoms with E-state index in [4.69, 9.17) is 4.52 Å². The lowest BCUT2D eigenvalue weighted by Gasteiger charge is -2.09. The van der Waals surface area contributed by atoms with Crippen molar-refractivity contribution in [1.82, 2.24) is 15.1 Å². The molecule has 5 nitrogen and oxygen atoms in total. The van der Waals surface area contributed by atoms with Crippen molar-refractivity contribution in [3.8, 4) is 0 Å². The fourth-order valence-corrected chi connectivity index (χ4v) is 2.18. The van der Waals surface area contributed by atoms with Gasteiger partial charge in [0.05, 0.1) is 22.4 Å². The lowest BCUT2D eigenvalue weighted by molar-refractivity contribution is 0.392. The van der Waals surface area contributed by atoms with Crippen LogP contribution in [0.5, 0.6) is 0 Å². The van der Waals surface area contributed by atoms with E-state index in [9.17, 15) is 0 Å². The number of nitrogens with zero attached hydrogens (tertiary/aromatic N) is 3. The molecule has 0 radical (unpaired) electrons. The molecule has 0 aliphatic heterocycles. The maximum atomic E-state index is 5.16. The van der Waals surface area contributed by atoms with Gasteiger partial charge >= 0.3 is 0 Å². The van der Waals surface area contributed by atoms with Gasteiger partial charge in [0, 0.05) is 12.1 Å². The van der Waals surface area contributed by atoms with Crippen LogP contribution in [0.2, 0.25) is 0 Å². The van der Waals surface area contributed by atoms with E-state index in [0.717, 1.165) is 39.6 Å². The highest BCUT2D eigenvalue weighted by Gasteiger charge is 2.10. The molecule has 20 heavy (non-hydrogen) atoms. The van der Waals surface area contributed by atoms with E-state index in [-0.39, 0.29) is 0 Å². The average Bonchev–Trinajstić information content (AvgIpc) is 2.76. The Morgan fingerprint density at radius 3 is 2.35 bits per heavy atom. The first-order chi connectivity index (χ1) is 9.65. The van der Waals surface area contributed by atoms with Gasteiger partial charge < -0.3 is 9.84 Å². The molecule has 102 valence electrons. The van der Waals surface area contributed by atoms with Gasteiger partial charge in [-0.25, -0.2) is 9.97 Å². The average molecular weight is 268 g/mol. The highest BCUT2D eigenvalue weighted by atomic mass is 16.5.